The Morgan fingerprint density at radius 2 is 2.21 bits per heavy atom. The highest BCUT2D eigenvalue weighted by Crippen LogP contribution is 2.50. The summed E-state index contributed by atoms with van der Waals surface area (Å²) in [6, 6.07) is 9.45. The number of rotatable bonds is 2. The fourth-order valence-electron chi connectivity index (χ4n) is 4.06. The number of benzene rings is 1. The van der Waals surface area contributed by atoms with E-state index < -0.39 is 5.92 Å². The van der Waals surface area contributed by atoms with Crippen LogP contribution in [-0.2, 0) is 4.79 Å². The highest BCUT2D eigenvalue weighted by Gasteiger charge is 2.45. The van der Waals surface area contributed by atoms with Crippen LogP contribution in [0.5, 0.6) is 0 Å². The molecule has 1 atom stereocenters. The maximum absolute atomic E-state index is 13.3. The van der Waals surface area contributed by atoms with Crippen molar-refractivity contribution in [2.45, 2.75) is 32.6 Å². The van der Waals surface area contributed by atoms with Crippen LogP contribution in [0.1, 0.15) is 38.2 Å². The zero-order chi connectivity index (χ0) is 20.9. The van der Waals surface area contributed by atoms with Crippen molar-refractivity contribution in [3.05, 3.63) is 61.5 Å². The van der Waals surface area contributed by atoms with Gasteiger partial charge in [0.2, 0.25) is 5.13 Å². The first-order valence-corrected chi connectivity index (χ1v) is 10.6. The van der Waals surface area contributed by atoms with Crippen LogP contribution >= 0.6 is 35.2 Å². The van der Waals surface area contributed by atoms with E-state index in [1.54, 1.807) is 17.0 Å². The Bertz CT molecular complexity index is 1180. The molecular weight excluding hydrogens is 426 g/mol. The zero-order valence-electron chi connectivity index (χ0n) is 15.8. The summed E-state index contributed by atoms with van der Waals surface area (Å²) in [5, 5.41) is 18.1. The number of Topliss-reactive ketones (excluding diaryl/α,β-unsaturated/α-hetero) is 1. The third kappa shape index (κ3) is 3.39. The number of nitrogens with two attached hydrogens (primary N) is 1. The lowest BCUT2D eigenvalue weighted by Crippen LogP contribution is -2.42. The summed E-state index contributed by atoms with van der Waals surface area (Å²) >= 11 is 12.6. The Hall–Kier alpha value is -2.47. The average molecular weight is 444 g/mol. The first kappa shape index (κ1) is 19.8. The van der Waals surface area contributed by atoms with Crippen LogP contribution in [-0.4, -0.2) is 16.0 Å². The number of aromatic nitrogens is 2. The lowest BCUT2D eigenvalue weighted by atomic mass is 9.69. The molecular formula is C20H18ClN5OS2. The molecule has 1 aromatic carbocycles. The van der Waals surface area contributed by atoms with Crippen molar-refractivity contribution in [3.8, 4) is 6.07 Å². The van der Waals surface area contributed by atoms with Gasteiger partial charge in [0.05, 0.1) is 17.6 Å². The van der Waals surface area contributed by atoms with Gasteiger partial charge in [-0.3, -0.25) is 14.8 Å². The fourth-order valence-corrected chi connectivity index (χ4v) is 5.18. The molecule has 0 saturated heterocycles. The number of aromatic amines is 1. The number of ketones is 1. The number of carbonyl (C=O) groups is 1. The molecule has 0 spiro atoms. The van der Waals surface area contributed by atoms with Crippen molar-refractivity contribution in [2.24, 2.45) is 11.1 Å². The number of nitrogens with one attached hydrogen (secondary N) is 1. The van der Waals surface area contributed by atoms with Crippen LogP contribution in [0.25, 0.3) is 0 Å². The SMILES string of the molecule is CC1(C)CC(=O)C2=C(C1)N(c1n[nH]c(=S)s1)C(N)=C(C#N)C2c1cccc(Cl)c1. The van der Waals surface area contributed by atoms with Gasteiger partial charge in [0.25, 0.3) is 0 Å². The maximum Gasteiger partial charge on any atom is 0.216 e. The number of nitrogens with zero attached hydrogens (tertiary/aromatic N) is 3. The zero-order valence-corrected chi connectivity index (χ0v) is 18.2. The summed E-state index contributed by atoms with van der Waals surface area (Å²) in [5.74, 6) is -0.287. The van der Waals surface area contributed by atoms with Crippen LogP contribution in [0.3, 0.4) is 0 Å². The summed E-state index contributed by atoms with van der Waals surface area (Å²) in [5.41, 5.74) is 8.69. The van der Waals surface area contributed by atoms with Gasteiger partial charge in [-0.2, -0.15) is 5.26 Å². The van der Waals surface area contributed by atoms with Crippen LogP contribution in [0.4, 0.5) is 5.13 Å². The molecule has 0 saturated carbocycles. The van der Waals surface area contributed by atoms with Gasteiger partial charge in [0.1, 0.15) is 5.82 Å². The second-order valence-corrected chi connectivity index (χ2v) is 10.0. The van der Waals surface area contributed by atoms with Crippen molar-refractivity contribution in [1.82, 2.24) is 10.2 Å². The minimum atomic E-state index is -0.555. The highest BCUT2D eigenvalue weighted by atomic mass is 35.5. The minimum Gasteiger partial charge on any atom is -0.384 e. The van der Waals surface area contributed by atoms with E-state index in [0.717, 1.165) is 11.3 Å². The lowest BCUT2D eigenvalue weighted by molar-refractivity contribution is -0.118. The predicted octanol–water partition coefficient (Wildman–Crippen LogP) is 4.79. The average Bonchev–Trinajstić information content (AvgIpc) is 3.05. The standard InChI is InChI=1S/C20H18ClN5OS2/c1-20(2)7-13-16(14(27)8-20)15(10-4-3-5-11(21)6-10)12(9-22)17(23)26(13)18-24-25-19(28)29-18/h3-6,15H,7-8,23H2,1-2H3,(H,25,28). The van der Waals surface area contributed by atoms with Gasteiger partial charge >= 0.3 is 0 Å². The fraction of sp³-hybridized carbons (Fsp3) is 0.300. The molecule has 1 aromatic heterocycles. The molecule has 2 aliphatic rings. The normalized spacial score (nSPS) is 21.2. The minimum absolute atomic E-state index is 0.00519. The molecule has 1 unspecified atom stereocenters. The Labute approximate surface area is 182 Å². The van der Waals surface area contributed by atoms with Crippen LogP contribution < -0.4 is 10.6 Å². The Balaban J connectivity index is 2.02. The second-order valence-electron chi connectivity index (χ2n) is 7.93. The molecule has 0 radical (unpaired) electrons. The van der Waals surface area contributed by atoms with Crippen LogP contribution in [0, 0.1) is 20.7 Å². The Kier molecular flexibility index (Phi) is 4.85. The number of anilines is 1. The molecule has 29 heavy (non-hydrogen) atoms. The van der Waals surface area contributed by atoms with Crippen molar-refractivity contribution in [3.63, 3.8) is 0 Å². The van der Waals surface area contributed by atoms with E-state index in [9.17, 15) is 10.1 Å². The summed E-state index contributed by atoms with van der Waals surface area (Å²) in [7, 11) is 0. The number of hydrogen-bond acceptors (Lipinski definition) is 7. The monoisotopic (exact) mass is 443 g/mol. The number of H-pyrrole nitrogens is 1. The van der Waals surface area contributed by atoms with Gasteiger partial charge in [-0.05, 0) is 41.7 Å². The van der Waals surface area contributed by atoms with E-state index in [4.69, 9.17) is 29.6 Å². The number of halogens is 1. The van der Waals surface area contributed by atoms with Crippen LogP contribution in [0.2, 0.25) is 5.02 Å². The first-order valence-electron chi connectivity index (χ1n) is 8.99. The van der Waals surface area contributed by atoms with Gasteiger partial charge in [-0.1, -0.05) is 48.9 Å². The van der Waals surface area contributed by atoms with Crippen molar-refractivity contribution >= 4 is 46.1 Å². The molecule has 4 rings (SSSR count). The second kappa shape index (κ2) is 7.10. The number of nitriles is 1. The molecule has 0 fully saturated rings. The van der Waals surface area contributed by atoms with Crippen molar-refractivity contribution < 1.29 is 4.79 Å². The quantitative estimate of drug-likeness (QED) is 0.647. The molecule has 2 heterocycles. The summed E-state index contributed by atoms with van der Waals surface area (Å²) < 4.78 is 0.492. The van der Waals surface area contributed by atoms with Crippen LogP contribution in [0.15, 0.2) is 46.9 Å². The highest BCUT2D eigenvalue weighted by molar-refractivity contribution is 7.73. The van der Waals surface area contributed by atoms with E-state index in [2.05, 4.69) is 16.3 Å². The Morgan fingerprint density at radius 3 is 2.83 bits per heavy atom. The van der Waals surface area contributed by atoms with Gasteiger partial charge in [0.15, 0.2) is 9.74 Å². The molecule has 0 bridgehead atoms. The lowest BCUT2D eigenvalue weighted by Gasteiger charge is -2.42. The molecule has 2 aromatic rings. The summed E-state index contributed by atoms with van der Waals surface area (Å²) in [4.78, 5) is 15.0. The molecule has 9 heteroatoms. The molecule has 0 amide bonds. The maximum atomic E-state index is 13.3. The summed E-state index contributed by atoms with van der Waals surface area (Å²) in [6.45, 7) is 4.10. The number of hydrogen-bond donors (Lipinski definition) is 2. The first-order chi connectivity index (χ1) is 13.7. The Morgan fingerprint density at radius 1 is 1.45 bits per heavy atom. The largest absolute Gasteiger partial charge is 0.384 e. The van der Waals surface area contributed by atoms with E-state index in [-0.39, 0.29) is 17.0 Å². The van der Waals surface area contributed by atoms with Gasteiger partial charge in [-0.15, -0.1) is 5.10 Å². The number of allylic oxidation sites excluding steroid dienone is 3. The van der Waals surface area contributed by atoms with E-state index in [0.29, 0.717) is 38.1 Å². The van der Waals surface area contributed by atoms with Crippen molar-refractivity contribution in [1.29, 1.82) is 5.26 Å². The summed E-state index contributed by atoms with van der Waals surface area (Å²) in [6.07, 6.45) is 1.02. The van der Waals surface area contributed by atoms with Gasteiger partial charge < -0.3 is 5.73 Å². The van der Waals surface area contributed by atoms with Crippen molar-refractivity contribution in [2.75, 3.05) is 4.90 Å². The smallest absolute Gasteiger partial charge is 0.216 e. The molecule has 148 valence electrons. The number of carbonyl (C=O) groups excluding carboxylic acids is 1. The van der Waals surface area contributed by atoms with Gasteiger partial charge in [0, 0.05) is 22.7 Å². The van der Waals surface area contributed by atoms with E-state index in [1.165, 1.54) is 11.3 Å². The molecule has 1 aliphatic heterocycles. The van der Waals surface area contributed by atoms with Gasteiger partial charge in [-0.25, -0.2) is 0 Å². The third-order valence-corrected chi connectivity index (χ3v) is 6.49. The molecule has 1 aliphatic carbocycles. The van der Waals surface area contributed by atoms with E-state index >= 15 is 0 Å². The molecule has 6 nitrogen and oxygen atoms in total. The topological polar surface area (TPSA) is 98.8 Å². The predicted molar refractivity (Wildman–Crippen MR) is 116 cm³/mol. The third-order valence-electron chi connectivity index (χ3n) is 5.18. The molecule has 3 N–H and O–H groups in total. The van der Waals surface area contributed by atoms with E-state index in [1.807, 2.05) is 26.0 Å².